The van der Waals surface area contributed by atoms with E-state index >= 15 is 0 Å². The summed E-state index contributed by atoms with van der Waals surface area (Å²) in [6.45, 7) is 0.573. The van der Waals surface area contributed by atoms with Crippen molar-refractivity contribution in [1.29, 1.82) is 0 Å². The third-order valence-corrected chi connectivity index (χ3v) is 3.10. The number of hydrogen-bond donors (Lipinski definition) is 2. The number of aromatic carboxylic acids is 1. The average molecular weight is 264 g/mol. The van der Waals surface area contributed by atoms with Gasteiger partial charge in [0.15, 0.2) is 10.8 Å². The molecule has 0 atom stereocenters. The third kappa shape index (κ3) is 2.98. The number of hydrogen-bond acceptors (Lipinski definition) is 5. The number of benzene rings is 1. The number of ether oxygens (including phenoxy) is 1. The van der Waals surface area contributed by atoms with Crippen LogP contribution >= 0.6 is 11.3 Å². The van der Waals surface area contributed by atoms with Gasteiger partial charge in [0.1, 0.15) is 5.75 Å². The van der Waals surface area contributed by atoms with Crippen molar-refractivity contribution in [1.82, 2.24) is 4.98 Å². The summed E-state index contributed by atoms with van der Waals surface area (Å²) in [5, 5.41) is 13.9. The van der Waals surface area contributed by atoms with Crippen LogP contribution in [0, 0.1) is 0 Å². The molecule has 0 aliphatic carbocycles. The highest BCUT2D eigenvalue weighted by atomic mass is 32.1. The molecule has 6 heteroatoms. The van der Waals surface area contributed by atoms with Gasteiger partial charge in [0.2, 0.25) is 0 Å². The maximum atomic E-state index is 10.7. The van der Waals surface area contributed by atoms with Crippen molar-refractivity contribution in [3.63, 3.8) is 0 Å². The van der Waals surface area contributed by atoms with Gasteiger partial charge in [-0.1, -0.05) is 12.1 Å². The summed E-state index contributed by atoms with van der Waals surface area (Å²) in [5.41, 5.74) is 1.11. The van der Waals surface area contributed by atoms with E-state index in [1.807, 2.05) is 24.3 Å². The van der Waals surface area contributed by atoms with Crippen molar-refractivity contribution in [3.05, 3.63) is 40.9 Å². The molecule has 0 aliphatic heterocycles. The number of nitrogens with zero attached hydrogens (tertiary/aromatic N) is 1. The average Bonchev–Trinajstić information content (AvgIpc) is 2.85. The molecule has 1 aromatic carbocycles. The van der Waals surface area contributed by atoms with Crippen LogP contribution in [0.4, 0.5) is 5.13 Å². The number of aromatic nitrogens is 1. The first-order valence-electron chi connectivity index (χ1n) is 5.24. The second-order valence-electron chi connectivity index (χ2n) is 3.55. The Balaban J connectivity index is 1.99. The highest BCUT2D eigenvalue weighted by Gasteiger charge is 2.08. The molecule has 2 aromatic rings. The number of carboxylic acids is 1. The van der Waals surface area contributed by atoms with Gasteiger partial charge in [-0.3, -0.25) is 0 Å². The van der Waals surface area contributed by atoms with E-state index in [-0.39, 0.29) is 5.69 Å². The van der Waals surface area contributed by atoms with Crippen molar-refractivity contribution in [2.45, 2.75) is 6.54 Å². The van der Waals surface area contributed by atoms with Gasteiger partial charge in [0.25, 0.3) is 0 Å². The molecule has 0 fully saturated rings. The molecule has 0 spiro atoms. The second kappa shape index (κ2) is 5.50. The summed E-state index contributed by atoms with van der Waals surface area (Å²) < 4.78 is 5.12. The Hall–Kier alpha value is -2.08. The first-order valence-corrected chi connectivity index (χ1v) is 6.12. The molecule has 0 aliphatic rings. The summed E-state index contributed by atoms with van der Waals surface area (Å²) in [6, 6.07) is 7.65. The first kappa shape index (κ1) is 12.4. The fourth-order valence-electron chi connectivity index (χ4n) is 1.41. The number of carbonyl (C=O) groups is 1. The molecule has 1 heterocycles. The molecular formula is C12H12N2O3S. The lowest BCUT2D eigenvalue weighted by Crippen LogP contribution is -2.01. The molecule has 0 amide bonds. The van der Waals surface area contributed by atoms with Gasteiger partial charge in [0, 0.05) is 11.9 Å². The van der Waals surface area contributed by atoms with Crippen LogP contribution in [0.2, 0.25) is 0 Å². The summed E-state index contributed by atoms with van der Waals surface area (Å²) in [7, 11) is 1.62. The highest BCUT2D eigenvalue weighted by Crippen LogP contribution is 2.18. The number of carboxylic acid groups (broad SMARTS) is 1. The summed E-state index contributed by atoms with van der Waals surface area (Å²) in [4.78, 5) is 14.6. The lowest BCUT2D eigenvalue weighted by atomic mass is 10.2. The van der Waals surface area contributed by atoms with Crippen LogP contribution in [-0.4, -0.2) is 23.2 Å². The lowest BCUT2D eigenvalue weighted by molar-refractivity contribution is 0.0691. The Morgan fingerprint density at radius 3 is 3.06 bits per heavy atom. The minimum atomic E-state index is -1.01. The highest BCUT2D eigenvalue weighted by molar-refractivity contribution is 7.13. The Bertz CT molecular complexity index is 554. The van der Waals surface area contributed by atoms with Crippen molar-refractivity contribution in [2.24, 2.45) is 0 Å². The number of rotatable bonds is 5. The molecule has 2 N–H and O–H groups in total. The predicted octanol–water partition coefficient (Wildman–Crippen LogP) is 2.46. The minimum absolute atomic E-state index is 0.0631. The molecule has 0 radical (unpaired) electrons. The van der Waals surface area contributed by atoms with Gasteiger partial charge in [-0.05, 0) is 17.7 Å². The van der Waals surface area contributed by atoms with Crippen molar-refractivity contribution in [3.8, 4) is 5.75 Å². The van der Waals surface area contributed by atoms with E-state index in [9.17, 15) is 4.79 Å². The molecule has 18 heavy (non-hydrogen) atoms. The van der Waals surface area contributed by atoms with E-state index in [4.69, 9.17) is 9.84 Å². The van der Waals surface area contributed by atoms with Crippen LogP contribution in [0.1, 0.15) is 16.1 Å². The fourth-order valence-corrected chi connectivity index (χ4v) is 2.10. The minimum Gasteiger partial charge on any atom is -0.497 e. The maximum Gasteiger partial charge on any atom is 0.355 e. The van der Waals surface area contributed by atoms with Gasteiger partial charge in [0.05, 0.1) is 7.11 Å². The normalized spacial score (nSPS) is 10.1. The topological polar surface area (TPSA) is 71.5 Å². The molecule has 1 aromatic heterocycles. The van der Waals surface area contributed by atoms with Gasteiger partial charge in [-0.15, -0.1) is 11.3 Å². The predicted molar refractivity (Wildman–Crippen MR) is 69.4 cm³/mol. The molecule has 0 saturated carbocycles. The van der Waals surface area contributed by atoms with Crippen molar-refractivity contribution < 1.29 is 14.6 Å². The van der Waals surface area contributed by atoms with Crippen molar-refractivity contribution >= 4 is 22.4 Å². The zero-order valence-electron chi connectivity index (χ0n) is 9.71. The number of methoxy groups -OCH3 is 1. The van der Waals surface area contributed by atoms with Gasteiger partial charge in [-0.25, -0.2) is 9.78 Å². The summed E-state index contributed by atoms with van der Waals surface area (Å²) in [5.74, 6) is -0.222. The van der Waals surface area contributed by atoms with E-state index in [1.165, 1.54) is 16.7 Å². The SMILES string of the molecule is COc1cccc(CNc2nc(C(=O)O)cs2)c1. The first-order chi connectivity index (χ1) is 8.69. The van der Waals surface area contributed by atoms with Gasteiger partial charge < -0.3 is 15.2 Å². The van der Waals surface area contributed by atoms with E-state index in [0.717, 1.165) is 11.3 Å². The summed E-state index contributed by atoms with van der Waals surface area (Å²) in [6.07, 6.45) is 0. The van der Waals surface area contributed by atoms with Gasteiger partial charge in [-0.2, -0.15) is 0 Å². The van der Waals surface area contributed by atoms with E-state index in [0.29, 0.717) is 11.7 Å². The van der Waals surface area contributed by atoms with E-state index in [2.05, 4.69) is 10.3 Å². The third-order valence-electron chi connectivity index (χ3n) is 2.30. The fraction of sp³-hybridized carbons (Fsp3) is 0.167. The molecule has 94 valence electrons. The number of thiazole rings is 1. The second-order valence-corrected chi connectivity index (χ2v) is 4.41. The quantitative estimate of drug-likeness (QED) is 0.868. The van der Waals surface area contributed by atoms with E-state index in [1.54, 1.807) is 7.11 Å². The van der Waals surface area contributed by atoms with Crippen LogP contribution < -0.4 is 10.1 Å². The molecular weight excluding hydrogens is 252 g/mol. The Morgan fingerprint density at radius 2 is 2.39 bits per heavy atom. The largest absolute Gasteiger partial charge is 0.497 e. The Morgan fingerprint density at radius 1 is 1.56 bits per heavy atom. The van der Waals surface area contributed by atoms with Crippen LogP contribution in [0.25, 0.3) is 0 Å². The molecule has 5 nitrogen and oxygen atoms in total. The van der Waals surface area contributed by atoms with Gasteiger partial charge >= 0.3 is 5.97 Å². The zero-order chi connectivity index (χ0) is 13.0. The standard InChI is InChI=1S/C12H12N2O3S/c1-17-9-4-2-3-8(5-9)6-13-12-14-10(7-18-12)11(15)16/h2-5,7H,6H2,1H3,(H,13,14)(H,15,16). The number of anilines is 1. The maximum absolute atomic E-state index is 10.7. The van der Waals surface area contributed by atoms with Crippen LogP contribution in [0.15, 0.2) is 29.6 Å². The van der Waals surface area contributed by atoms with Crippen LogP contribution in [0.5, 0.6) is 5.75 Å². The zero-order valence-corrected chi connectivity index (χ0v) is 10.5. The summed E-state index contributed by atoms with van der Waals surface area (Å²) >= 11 is 1.27. The monoisotopic (exact) mass is 264 g/mol. The smallest absolute Gasteiger partial charge is 0.355 e. The molecule has 2 rings (SSSR count). The van der Waals surface area contributed by atoms with Crippen molar-refractivity contribution in [2.75, 3.05) is 12.4 Å². The van der Waals surface area contributed by atoms with E-state index < -0.39 is 5.97 Å². The lowest BCUT2D eigenvalue weighted by Gasteiger charge is -2.05. The number of nitrogens with one attached hydrogen (secondary N) is 1. The Kier molecular flexibility index (Phi) is 3.78. The van der Waals surface area contributed by atoms with Crippen LogP contribution in [-0.2, 0) is 6.54 Å². The Labute approximate surface area is 108 Å². The van der Waals surface area contributed by atoms with Crippen LogP contribution in [0.3, 0.4) is 0 Å². The molecule has 0 unspecified atom stereocenters. The molecule has 0 saturated heterocycles. The molecule has 0 bridgehead atoms.